The van der Waals surface area contributed by atoms with Gasteiger partial charge in [0.1, 0.15) is 12.4 Å². The van der Waals surface area contributed by atoms with Crippen LogP contribution >= 0.6 is 0 Å². The number of alkyl halides is 3. The minimum Gasteiger partial charge on any atom is -0.492 e. The van der Waals surface area contributed by atoms with E-state index in [4.69, 9.17) is 10.00 Å². The van der Waals surface area contributed by atoms with Crippen molar-refractivity contribution in [2.45, 2.75) is 20.0 Å². The van der Waals surface area contributed by atoms with Gasteiger partial charge in [-0.3, -0.25) is 0 Å². The van der Waals surface area contributed by atoms with Gasteiger partial charge in [0, 0.05) is 0 Å². The molecule has 0 saturated carbocycles. The average Bonchev–Trinajstić information content (AvgIpc) is 2.14. The molecule has 0 aliphatic carbocycles. The minimum absolute atomic E-state index is 0.354. The molecule has 0 aliphatic heterocycles. The number of nitriles is 1. The van der Waals surface area contributed by atoms with Gasteiger partial charge < -0.3 is 4.74 Å². The molecule has 0 heterocycles. The van der Waals surface area contributed by atoms with Gasteiger partial charge in [0.25, 0.3) is 0 Å². The molecule has 2 nitrogen and oxygen atoms in total. The zero-order valence-corrected chi connectivity index (χ0v) is 9.51. The molecule has 1 rings (SSSR count). The van der Waals surface area contributed by atoms with Crippen molar-refractivity contribution in [2.24, 2.45) is 5.92 Å². The number of rotatable bonds is 3. The van der Waals surface area contributed by atoms with E-state index in [0.29, 0.717) is 5.75 Å². The summed E-state index contributed by atoms with van der Waals surface area (Å²) in [6.07, 6.45) is -4.55. The van der Waals surface area contributed by atoms with Crippen molar-refractivity contribution < 1.29 is 17.9 Å². The Morgan fingerprint density at radius 1 is 1.24 bits per heavy atom. The van der Waals surface area contributed by atoms with Crippen LogP contribution in [-0.4, -0.2) is 12.8 Å². The van der Waals surface area contributed by atoms with E-state index in [-0.39, 0.29) is 0 Å². The summed E-state index contributed by atoms with van der Waals surface area (Å²) < 4.78 is 41.8. The fourth-order valence-electron chi connectivity index (χ4n) is 1.40. The Labute approximate surface area is 97.6 Å². The molecule has 1 atom stereocenters. The molecule has 17 heavy (non-hydrogen) atoms. The summed E-state index contributed by atoms with van der Waals surface area (Å²) in [5.41, 5.74) is 1.81. The predicted molar refractivity (Wildman–Crippen MR) is 56.6 cm³/mol. The predicted octanol–water partition coefficient (Wildman–Crippen LogP) is 3.38. The maximum atomic E-state index is 12.3. The van der Waals surface area contributed by atoms with Crippen LogP contribution in [0.4, 0.5) is 13.2 Å². The number of halogens is 3. The summed E-state index contributed by atoms with van der Waals surface area (Å²) in [6.45, 7) is 2.97. The first kappa shape index (κ1) is 13.4. The van der Waals surface area contributed by atoms with Gasteiger partial charge in [0.2, 0.25) is 0 Å². The monoisotopic (exact) mass is 243 g/mol. The highest BCUT2D eigenvalue weighted by atomic mass is 19.4. The molecule has 0 radical (unpaired) electrons. The maximum Gasteiger partial charge on any atom is 0.407 e. The second-order valence-electron chi connectivity index (χ2n) is 3.86. The van der Waals surface area contributed by atoms with Crippen molar-refractivity contribution in [1.29, 1.82) is 5.26 Å². The quantitative estimate of drug-likeness (QED) is 0.815. The number of hydrogen-bond acceptors (Lipinski definition) is 2. The lowest BCUT2D eigenvalue weighted by Gasteiger charge is -2.14. The topological polar surface area (TPSA) is 33.0 Å². The third kappa shape index (κ3) is 3.99. The van der Waals surface area contributed by atoms with E-state index in [1.807, 2.05) is 19.9 Å². The van der Waals surface area contributed by atoms with Crippen LogP contribution in [0, 0.1) is 31.1 Å². The SMILES string of the molecule is Cc1cc(C)cc(OCC(C#N)C(F)(F)F)c1. The Hall–Kier alpha value is -1.70. The summed E-state index contributed by atoms with van der Waals surface area (Å²) in [7, 11) is 0. The van der Waals surface area contributed by atoms with E-state index in [1.54, 1.807) is 12.1 Å². The second kappa shape index (κ2) is 5.09. The van der Waals surface area contributed by atoms with Crippen molar-refractivity contribution in [1.82, 2.24) is 0 Å². The Balaban J connectivity index is 2.70. The van der Waals surface area contributed by atoms with Crippen molar-refractivity contribution in [2.75, 3.05) is 6.61 Å². The first-order chi connectivity index (χ1) is 7.82. The molecule has 1 aromatic rings. The highest BCUT2D eigenvalue weighted by Gasteiger charge is 2.40. The highest BCUT2D eigenvalue weighted by Crippen LogP contribution is 2.26. The summed E-state index contributed by atoms with van der Waals surface area (Å²) in [6, 6.07) is 6.35. The fourth-order valence-corrected chi connectivity index (χ4v) is 1.40. The largest absolute Gasteiger partial charge is 0.492 e. The summed E-state index contributed by atoms with van der Waals surface area (Å²) in [4.78, 5) is 0. The molecule has 0 aliphatic rings. The van der Waals surface area contributed by atoms with E-state index in [2.05, 4.69) is 0 Å². The third-order valence-electron chi connectivity index (χ3n) is 2.16. The van der Waals surface area contributed by atoms with Gasteiger partial charge in [0.05, 0.1) is 6.07 Å². The van der Waals surface area contributed by atoms with E-state index in [9.17, 15) is 13.2 Å². The Bertz CT molecular complexity index is 414. The number of benzene rings is 1. The molecular weight excluding hydrogens is 231 g/mol. The van der Waals surface area contributed by atoms with E-state index in [1.165, 1.54) is 6.07 Å². The van der Waals surface area contributed by atoms with Gasteiger partial charge in [0.15, 0.2) is 5.92 Å². The molecule has 1 aromatic carbocycles. The molecule has 0 spiro atoms. The molecule has 0 saturated heterocycles. The second-order valence-corrected chi connectivity index (χ2v) is 3.86. The van der Waals surface area contributed by atoms with Gasteiger partial charge in [-0.2, -0.15) is 18.4 Å². The third-order valence-corrected chi connectivity index (χ3v) is 2.16. The standard InChI is InChI=1S/C12H12F3NO/c1-8-3-9(2)5-11(4-8)17-7-10(6-16)12(13,14)15/h3-5,10H,7H2,1-2H3. The van der Waals surface area contributed by atoms with Gasteiger partial charge >= 0.3 is 6.18 Å². The van der Waals surface area contributed by atoms with Crippen LogP contribution in [0.3, 0.4) is 0 Å². The van der Waals surface area contributed by atoms with Crippen LogP contribution in [0.1, 0.15) is 11.1 Å². The number of nitrogens with zero attached hydrogens (tertiary/aromatic N) is 1. The summed E-state index contributed by atoms with van der Waals surface area (Å²) in [5.74, 6) is -1.74. The first-order valence-corrected chi connectivity index (χ1v) is 5.00. The number of hydrogen-bond donors (Lipinski definition) is 0. The van der Waals surface area contributed by atoms with Crippen LogP contribution in [0.5, 0.6) is 5.75 Å². The zero-order valence-electron chi connectivity index (χ0n) is 9.51. The Morgan fingerprint density at radius 3 is 2.18 bits per heavy atom. The fraction of sp³-hybridized carbons (Fsp3) is 0.417. The van der Waals surface area contributed by atoms with Gasteiger partial charge in [-0.05, 0) is 37.1 Å². The van der Waals surface area contributed by atoms with Crippen LogP contribution in [0.15, 0.2) is 18.2 Å². The van der Waals surface area contributed by atoms with Crippen molar-refractivity contribution in [3.05, 3.63) is 29.3 Å². The van der Waals surface area contributed by atoms with E-state index in [0.717, 1.165) is 11.1 Å². The van der Waals surface area contributed by atoms with Gasteiger partial charge in [-0.15, -0.1) is 0 Å². The van der Waals surface area contributed by atoms with Crippen LogP contribution in [0.25, 0.3) is 0 Å². The molecular formula is C12H12F3NO. The van der Waals surface area contributed by atoms with Crippen LogP contribution < -0.4 is 4.74 Å². The van der Waals surface area contributed by atoms with Gasteiger partial charge in [-0.1, -0.05) is 6.07 Å². The van der Waals surface area contributed by atoms with Gasteiger partial charge in [-0.25, -0.2) is 0 Å². The lowest BCUT2D eigenvalue weighted by molar-refractivity contribution is -0.165. The van der Waals surface area contributed by atoms with Crippen LogP contribution in [-0.2, 0) is 0 Å². The lowest BCUT2D eigenvalue weighted by atomic mass is 10.1. The zero-order chi connectivity index (χ0) is 13.1. The molecule has 5 heteroatoms. The molecule has 1 unspecified atom stereocenters. The molecule has 0 N–H and O–H groups in total. The number of ether oxygens (including phenoxy) is 1. The van der Waals surface area contributed by atoms with Crippen molar-refractivity contribution in [3.8, 4) is 11.8 Å². The highest BCUT2D eigenvalue weighted by molar-refractivity contribution is 5.33. The average molecular weight is 243 g/mol. The molecule has 0 amide bonds. The maximum absolute atomic E-state index is 12.3. The Morgan fingerprint density at radius 2 is 1.76 bits per heavy atom. The Kier molecular flexibility index (Phi) is 4.00. The normalized spacial score (nSPS) is 12.9. The lowest BCUT2D eigenvalue weighted by Crippen LogP contribution is -2.27. The van der Waals surface area contributed by atoms with Crippen molar-refractivity contribution >= 4 is 0 Å². The summed E-state index contributed by atoms with van der Waals surface area (Å²) in [5, 5.41) is 8.40. The first-order valence-electron chi connectivity index (χ1n) is 5.00. The molecule has 0 fully saturated rings. The molecule has 0 bridgehead atoms. The van der Waals surface area contributed by atoms with E-state index >= 15 is 0 Å². The van der Waals surface area contributed by atoms with Crippen LogP contribution in [0.2, 0.25) is 0 Å². The van der Waals surface area contributed by atoms with Crippen molar-refractivity contribution in [3.63, 3.8) is 0 Å². The molecule has 92 valence electrons. The minimum atomic E-state index is -4.55. The van der Waals surface area contributed by atoms with E-state index < -0.39 is 18.7 Å². The number of aryl methyl sites for hydroxylation is 2. The smallest absolute Gasteiger partial charge is 0.407 e. The summed E-state index contributed by atoms with van der Waals surface area (Å²) >= 11 is 0. The molecule has 0 aromatic heterocycles.